The third kappa shape index (κ3) is 3.77. The highest BCUT2D eigenvalue weighted by Crippen LogP contribution is 2.40. The van der Waals surface area contributed by atoms with E-state index in [2.05, 4.69) is 0 Å². The van der Waals surface area contributed by atoms with Crippen LogP contribution < -0.4 is 0 Å². The number of benzene rings is 1. The molecule has 1 aliphatic heterocycles. The van der Waals surface area contributed by atoms with E-state index in [4.69, 9.17) is 18.9 Å². The number of hydrogen-bond acceptors (Lipinski definition) is 5. The van der Waals surface area contributed by atoms with Gasteiger partial charge in [-0.05, 0) is 33.3 Å². The van der Waals surface area contributed by atoms with Crippen LogP contribution in [0.25, 0.3) is 0 Å². The fourth-order valence-corrected chi connectivity index (χ4v) is 3.37. The van der Waals surface area contributed by atoms with Gasteiger partial charge in [0.15, 0.2) is 5.79 Å². The van der Waals surface area contributed by atoms with Gasteiger partial charge in [0.1, 0.15) is 24.5 Å². The number of amides is 1. The highest BCUT2D eigenvalue weighted by atomic mass is 16.7. The zero-order valence-corrected chi connectivity index (χ0v) is 16.0. The van der Waals surface area contributed by atoms with Gasteiger partial charge in [-0.2, -0.15) is 0 Å². The minimum atomic E-state index is -0.785. The Bertz CT molecular complexity index is 670. The molecule has 1 amide bonds. The first kappa shape index (κ1) is 18.9. The summed E-state index contributed by atoms with van der Waals surface area (Å²) >= 11 is 0. The summed E-state index contributed by atoms with van der Waals surface area (Å²) in [6.07, 6.45) is 2.88. The molecule has 2 aliphatic rings. The summed E-state index contributed by atoms with van der Waals surface area (Å²) in [5, 5.41) is 0. The van der Waals surface area contributed by atoms with Crippen molar-refractivity contribution < 1.29 is 23.7 Å². The van der Waals surface area contributed by atoms with Crippen molar-refractivity contribution in [2.75, 3.05) is 7.11 Å². The lowest BCUT2D eigenvalue weighted by Gasteiger charge is -2.31. The maximum absolute atomic E-state index is 12.7. The Morgan fingerprint density at radius 3 is 2.58 bits per heavy atom. The molecule has 1 saturated heterocycles. The summed E-state index contributed by atoms with van der Waals surface area (Å²) in [5.41, 5.74) is 0.160. The van der Waals surface area contributed by atoms with Crippen LogP contribution >= 0.6 is 0 Å². The molecule has 3 atom stereocenters. The molecular formula is C20H27NO5. The normalized spacial score (nSPS) is 26.8. The van der Waals surface area contributed by atoms with Crippen LogP contribution in [0.1, 0.15) is 33.3 Å². The Labute approximate surface area is 154 Å². The van der Waals surface area contributed by atoms with Gasteiger partial charge < -0.3 is 18.9 Å². The van der Waals surface area contributed by atoms with E-state index in [-0.39, 0.29) is 24.9 Å². The predicted molar refractivity (Wildman–Crippen MR) is 96.3 cm³/mol. The molecule has 0 bridgehead atoms. The molecule has 1 aromatic carbocycles. The number of nitrogens with zero attached hydrogens (tertiary/aromatic N) is 1. The maximum Gasteiger partial charge on any atom is 0.412 e. The van der Waals surface area contributed by atoms with Crippen LogP contribution in [0.2, 0.25) is 0 Å². The van der Waals surface area contributed by atoms with Crippen molar-refractivity contribution in [3.63, 3.8) is 0 Å². The van der Waals surface area contributed by atoms with E-state index < -0.39 is 17.6 Å². The Hall–Kier alpha value is -1.89. The Balaban J connectivity index is 1.68. The van der Waals surface area contributed by atoms with Crippen LogP contribution in [0.5, 0.6) is 0 Å². The van der Waals surface area contributed by atoms with Gasteiger partial charge in [-0.3, -0.25) is 4.90 Å². The van der Waals surface area contributed by atoms with Gasteiger partial charge in [0.2, 0.25) is 0 Å². The molecule has 1 heterocycles. The molecule has 0 N–H and O–H groups in total. The fourth-order valence-electron chi connectivity index (χ4n) is 3.37. The molecule has 1 fully saturated rings. The van der Waals surface area contributed by atoms with E-state index in [0.29, 0.717) is 0 Å². The lowest BCUT2D eigenvalue weighted by atomic mass is 10.1. The van der Waals surface area contributed by atoms with Crippen LogP contribution in [-0.4, -0.2) is 47.9 Å². The van der Waals surface area contributed by atoms with Gasteiger partial charge in [0, 0.05) is 7.11 Å². The molecule has 6 heteroatoms. The van der Waals surface area contributed by atoms with E-state index in [9.17, 15) is 4.79 Å². The van der Waals surface area contributed by atoms with Gasteiger partial charge in [0.05, 0.1) is 6.04 Å². The number of carbonyl (C=O) groups excluding carboxylic acids is 1. The van der Waals surface area contributed by atoms with Crippen molar-refractivity contribution in [3.8, 4) is 0 Å². The minimum Gasteiger partial charge on any atom is -0.444 e. The fraction of sp³-hybridized carbons (Fsp3) is 0.550. The third-order valence-corrected chi connectivity index (χ3v) is 4.77. The number of fused-ring (bicyclic) bond motifs is 1. The summed E-state index contributed by atoms with van der Waals surface area (Å²) in [7, 11) is 1.60. The minimum absolute atomic E-state index is 0.226. The van der Waals surface area contributed by atoms with Gasteiger partial charge in [-0.15, -0.1) is 0 Å². The molecule has 1 aliphatic carbocycles. The third-order valence-electron chi connectivity index (χ3n) is 4.77. The Kier molecular flexibility index (Phi) is 5.10. The summed E-state index contributed by atoms with van der Waals surface area (Å²) in [5.74, 6) is -0.737. The number of carbonyl (C=O) groups is 1. The second-order valence-electron chi connectivity index (χ2n) is 7.50. The van der Waals surface area contributed by atoms with Crippen LogP contribution in [0, 0.1) is 0 Å². The summed E-state index contributed by atoms with van der Waals surface area (Å²) < 4.78 is 23.0. The second kappa shape index (κ2) is 7.02. The van der Waals surface area contributed by atoms with Crippen molar-refractivity contribution in [3.05, 3.63) is 48.0 Å². The average molecular weight is 361 g/mol. The van der Waals surface area contributed by atoms with Gasteiger partial charge in [0.25, 0.3) is 0 Å². The number of hydrogen-bond donors (Lipinski definition) is 0. The Morgan fingerprint density at radius 2 is 1.92 bits per heavy atom. The molecule has 1 aromatic rings. The summed E-state index contributed by atoms with van der Waals surface area (Å²) in [4.78, 5) is 14.4. The Morgan fingerprint density at radius 1 is 1.23 bits per heavy atom. The monoisotopic (exact) mass is 361 g/mol. The van der Waals surface area contributed by atoms with Crippen LogP contribution in [0.15, 0.2) is 42.5 Å². The zero-order chi connectivity index (χ0) is 18.9. The topological polar surface area (TPSA) is 57.2 Å². The van der Waals surface area contributed by atoms with Gasteiger partial charge in [-0.1, -0.05) is 42.5 Å². The van der Waals surface area contributed by atoms with Crippen LogP contribution in [-0.2, 0) is 25.6 Å². The lowest BCUT2D eigenvalue weighted by Crippen LogP contribution is -2.47. The van der Waals surface area contributed by atoms with E-state index in [0.717, 1.165) is 5.56 Å². The first-order chi connectivity index (χ1) is 12.2. The van der Waals surface area contributed by atoms with E-state index in [1.807, 2.05) is 70.2 Å². The van der Waals surface area contributed by atoms with E-state index >= 15 is 0 Å². The molecule has 26 heavy (non-hydrogen) atoms. The number of rotatable bonds is 5. The van der Waals surface area contributed by atoms with Gasteiger partial charge >= 0.3 is 6.09 Å². The molecular weight excluding hydrogens is 334 g/mol. The maximum atomic E-state index is 12.7. The molecule has 0 aromatic heterocycles. The van der Waals surface area contributed by atoms with Crippen LogP contribution in [0.4, 0.5) is 4.79 Å². The highest BCUT2D eigenvalue weighted by molar-refractivity contribution is 5.70. The summed E-state index contributed by atoms with van der Waals surface area (Å²) in [6, 6.07) is 9.38. The second-order valence-corrected chi connectivity index (χ2v) is 7.50. The molecule has 0 radical (unpaired) electrons. The van der Waals surface area contributed by atoms with Crippen molar-refractivity contribution in [1.82, 2.24) is 4.90 Å². The largest absolute Gasteiger partial charge is 0.444 e. The van der Waals surface area contributed by atoms with E-state index in [1.54, 1.807) is 12.0 Å². The highest BCUT2D eigenvalue weighted by Gasteiger charge is 2.55. The molecule has 6 nitrogen and oxygen atoms in total. The smallest absolute Gasteiger partial charge is 0.412 e. The van der Waals surface area contributed by atoms with Crippen molar-refractivity contribution in [2.24, 2.45) is 0 Å². The molecule has 0 spiro atoms. The number of methoxy groups -OCH3 is 1. The lowest BCUT2D eigenvalue weighted by molar-refractivity contribution is -0.233. The first-order valence-corrected chi connectivity index (χ1v) is 8.83. The molecule has 142 valence electrons. The van der Waals surface area contributed by atoms with E-state index in [1.165, 1.54) is 0 Å². The van der Waals surface area contributed by atoms with Crippen molar-refractivity contribution in [2.45, 2.75) is 64.1 Å². The predicted octanol–water partition coefficient (Wildman–Crippen LogP) is 3.47. The zero-order valence-electron chi connectivity index (χ0n) is 16.0. The SMILES string of the molecule is COC(C)(C)O[C@H]1C=C[C@H]2[C@@H]1OC(C)(C)N2C(=O)OCc1ccccc1. The van der Waals surface area contributed by atoms with Crippen molar-refractivity contribution >= 4 is 6.09 Å². The molecule has 3 rings (SSSR count). The van der Waals surface area contributed by atoms with Gasteiger partial charge in [-0.25, -0.2) is 4.79 Å². The standard InChI is InChI=1S/C20H27NO5/c1-19(2)21(18(22)24-13-14-9-7-6-8-10-14)15-11-12-16(17(15)26-19)25-20(3,4)23-5/h6-12,15-17H,13H2,1-5H3/t15-,16-,17-/m0/s1. The molecule has 0 unspecified atom stereocenters. The molecule has 0 saturated carbocycles. The number of ether oxygens (including phenoxy) is 4. The quantitative estimate of drug-likeness (QED) is 0.594. The van der Waals surface area contributed by atoms with Crippen molar-refractivity contribution in [1.29, 1.82) is 0 Å². The average Bonchev–Trinajstić information content (AvgIpc) is 3.08. The van der Waals surface area contributed by atoms with Crippen LogP contribution in [0.3, 0.4) is 0 Å². The summed E-state index contributed by atoms with van der Waals surface area (Å²) in [6.45, 7) is 7.65. The first-order valence-electron chi connectivity index (χ1n) is 8.83.